The highest BCUT2D eigenvalue weighted by molar-refractivity contribution is 5.31. The van der Waals surface area contributed by atoms with Crippen LogP contribution in [0.25, 0.3) is 5.69 Å². The molecule has 0 saturated carbocycles. The second-order valence-electron chi connectivity index (χ2n) is 3.77. The van der Waals surface area contributed by atoms with E-state index in [1.165, 1.54) is 0 Å². The van der Waals surface area contributed by atoms with Crippen LogP contribution in [-0.2, 0) is 0 Å². The smallest absolute Gasteiger partial charge is 0.118 e. The van der Waals surface area contributed by atoms with E-state index in [1.54, 1.807) is 17.7 Å². The first-order valence-electron chi connectivity index (χ1n) is 5.13. The van der Waals surface area contributed by atoms with Crippen LogP contribution in [0.2, 0.25) is 0 Å². The van der Waals surface area contributed by atoms with Gasteiger partial charge in [-0.05, 0) is 30.7 Å². The Bertz CT molecular complexity index is 488. The lowest BCUT2D eigenvalue weighted by Crippen LogP contribution is -2.01. The van der Waals surface area contributed by atoms with Crippen molar-refractivity contribution >= 4 is 0 Å². The van der Waals surface area contributed by atoms with Gasteiger partial charge in [0.1, 0.15) is 6.10 Å². The molecule has 2 rings (SSSR count). The molecular weight excluding hydrogens is 200 g/mol. The average molecular weight is 214 g/mol. The minimum atomic E-state index is -0.690. The molecule has 2 aromatic rings. The lowest BCUT2D eigenvalue weighted by Gasteiger charge is -2.06. The van der Waals surface area contributed by atoms with Gasteiger partial charge in [-0.25, -0.2) is 4.68 Å². The van der Waals surface area contributed by atoms with Crippen molar-refractivity contribution in [2.75, 3.05) is 0 Å². The SMILES string of the molecule is C=C(C)C(O)c1ccn(-c2ccccc2)n1. The molecule has 0 aliphatic carbocycles. The van der Waals surface area contributed by atoms with Gasteiger partial charge >= 0.3 is 0 Å². The molecule has 0 aliphatic heterocycles. The molecule has 0 spiro atoms. The third-order valence-corrected chi connectivity index (χ3v) is 2.38. The van der Waals surface area contributed by atoms with E-state index in [2.05, 4.69) is 11.7 Å². The third-order valence-electron chi connectivity index (χ3n) is 2.38. The van der Waals surface area contributed by atoms with E-state index >= 15 is 0 Å². The zero-order valence-corrected chi connectivity index (χ0v) is 9.17. The maximum absolute atomic E-state index is 9.78. The minimum absolute atomic E-state index is 0.622. The number of hydrogen-bond acceptors (Lipinski definition) is 2. The normalized spacial score (nSPS) is 12.4. The summed E-state index contributed by atoms with van der Waals surface area (Å²) in [5.41, 5.74) is 2.29. The second-order valence-corrected chi connectivity index (χ2v) is 3.77. The number of para-hydroxylation sites is 1. The van der Waals surface area contributed by atoms with Gasteiger partial charge in [-0.1, -0.05) is 24.8 Å². The van der Waals surface area contributed by atoms with Crippen molar-refractivity contribution in [1.29, 1.82) is 0 Å². The van der Waals surface area contributed by atoms with Gasteiger partial charge in [-0.2, -0.15) is 5.10 Å². The third kappa shape index (κ3) is 2.04. The molecular formula is C13H14N2O. The van der Waals surface area contributed by atoms with E-state index in [4.69, 9.17) is 0 Å². The highest BCUT2D eigenvalue weighted by atomic mass is 16.3. The Hall–Kier alpha value is -1.87. The molecule has 0 saturated heterocycles. The topological polar surface area (TPSA) is 38.0 Å². The van der Waals surface area contributed by atoms with Crippen molar-refractivity contribution in [3.8, 4) is 5.69 Å². The summed E-state index contributed by atoms with van der Waals surface area (Å²) in [7, 11) is 0. The first-order chi connectivity index (χ1) is 7.68. The van der Waals surface area contributed by atoms with Crippen LogP contribution in [0, 0.1) is 0 Å². The molecule has 1 aromatic carbocycles. The van der Waals surface area contributed by atoms with Gasteiger partial charge in [0, 0.05) is 6.20 Å². The first kappa shape index (κ1) is 10.6. The second kappa shape index (κ2) is 4.33. The summed E-state index contributed by atoms with van der Waals surface area (Å²) < 4.78 is 1.74. The van der Waals surface area contributed by atoms with E-state index in [-0.39, 0.29) is 0 Å². The van der Waals surface area contributed by atoms with Gasteiger partial charge in [-0.15, -0.1) is 0 Å². The van der Waals surface area contributed by atoms with Crippen molar-refractivity contribution in [3.05, 3.63) is 60.4 Å². The van der Waals surface area contributed by atoms with Gasteiger partial charge in [0.2, 0.25) is 0 Å². The van der Waals surface area contributed by atoms with Gasteiger partial charge < -0.3 is 5.11 Å². The van der Waals surface area contributed by atoms with Crippen LogP contribution >= 0.6 is 0 Å². The van der Waals surface area contributed by atoms with Crippen molar-refractivity contribution in [2.45, 2.75) is 13.0 Å². The summed E-state index contributed by atoms with van der Waals surface area (Å²) >= 11 is 0. The molecule has 0 radical (unpaired) electrons. The molecule has 1 unspecified atom stereocenters. The predicted octanol–water partition coefficient (Wildman–Crippen LogP) is 2.48. The number of benzene rings is 1. The fraction of sp³-hybridized carbons (Fsp3) is 0.154. The molecule has 0 amide bonds. The summed E-state index contributed by atoms with van der Waals surface area (Å²) in [5, 5.41) is 14.1. The Morgan fingerprint density at radius 1 is 1.31 bits per heavy atom. The van der Waals surface area contributed by atoms with E-state index in [9.17, 15) is 5.11 Å². The zero-order chi connectivity index (χ0) is 11.5. The molecule has 0 bridgehead atoms. The number of hydrogen-bond donors (Lipinski definition) is 1. The monoisotopic (exact) mass is 214 g/mol. The minimum Gasteiger partial charge on any atom is -0.382 e. The molecule has 1 heterocycles. The van der Waals surface area contributed by atoms with Crippen molar-refractivity contribution < 1.29 is 5.11 Å². The van der Waals surface area contributed by atoms with Gasteiger partial charge in [-0.3, -0.25) is 0 Å². The largest absolute Gasteiger partial charge is 0.382 e. The fourth-order valence-electron chi connectivity index (χ4n) is 1.46. The summed E-state index contributed by atoms with van der Waals surface area (Å²) in [6, 6.07) is 11.6. The van der Waals surface area contributed by atoms with Crippen LogP contribution in [0.5, 0.6) is 0 Å². The summed E-state index contributed by atoms with van der Waals surface area (Å²) in [5.74, 6) is 0. The van der Waals surface area contributed by atoms with Crippen LogP contribution in [0.1, 0.15) is 18.7 Å². The number of nitrogens with zero attached hydrogens (tertiary/aromatic N) is 2. The summed E-state index contributed by atoms with van der Waals surface area (Å²) in [4.78, 5) is 0. The van der Waals surface area contributed by atoms with Crippen LogP contribution in [0.4, 0.5) is 0 Å². The standard InChI is InChI=1S/C13H14N2O/c1-10(2)13(16)12-8-9-15(14-12)11-6-4-3-5-7-11/h3-9,13,16H,1H2,2H3. The Kier molecular flexibility index (Phi) is 2.88. The quantitative estimate of drug-likeness (QED) is 0.797. The number of aromatic nitrogens is 2. The van der Waals surface area contributed by atoms with E-state index in [0.717, 1.165) is 5.69 Å². The Morgan fingerprint density at radius 3 is 2.62 bits per heavy atom. The average Bonchev–Trinajstić information content (AvgIpc) is 2.78. The van der Waals surface area contributed by atoms with Crippen LogP contribution in [0.15, 0.2) is 54.7 Å². The van der Waals surface area contributed by atoms with E-state index in [0.29, 0.717) is 11.3 Å². The van der Waals surface area contributed by atoms with E-state index in [1.807, 2.05) is 36.5 Å². The van der Waals surface area contributed by atoms with Gasteiger partial charge in [0.25, 0.3) is 0 Å². The Labute approximate surface area is 94.7 Å². The number of aliphatic hydroxyl groups is 1. The molecule has 1 N–H and O–H groups in total. The Balaban J connectivity index is 2.30. The summed E-state index contributed by atoms with van der Waals surface area (Å²) in [6.45, 7) is 5.50. The lowest BCUT2D eigenvalue weighted by atomic mass is 10.1. The molecule has 3 heteroatoms. The molecule has 1 atom stereocenters. The van der Waals surface area contributed by atoms with Gasteiger partial charge in [0.15, 0.2) is 0 Å². The molecule has 82 valence electrons. The highest BCUT2D eigenvalue weighted by Crippen LogP contribution is 2.18. The lowest BCUT2D eigenvalue weighted by molar-refractivity contribution is 0.210. The predicted molar refractivity (Wildman–Crippen MR) is 63.3 cm³/mol. The molecule has 16 heavy (non-hydrogen) atoms. The zero-order valence-electron chi connectivity index (χ0n) is 9.17. The number of rotatable bonds is 3. The highest BCUT2D eigenvalue weighted by Gasteiger charge is 2.11. The van der Waals surface area contributed by atoms with Crippen LogP contribution in [0.3, 0.4) is 0 Å². The molecule has 0 aliphatic rings. The maximum Gasteiger partial charge on any atom is 0.118 e. The first-order valence-corrected chi connectivity index (χ1v) is 5.13. The fourth-order valence-corrected chi connectivity index (χ4v) is 1.46. The van der Waals surface area contributed by atoms with Gasteiger partial charge in [0.05, 0.1) is 11.4 Å². The number of aliphatic hydroxyl groups excluding tert-OH is 1. The summed E-state index contributed by atoms with van der Waals surface area (Å²) in [6.07, 6.45) is 1.14. The maximum atomic E-state index is 9.78. The Morgan fingerprint density at radius 2 is 2.00 bits per heavy atom. The van der Waals surface area contributed by atoms with Crippen molar-refractivity contribution in [1.82, 2.24) is 9.78 Å². The molecule has 1 aromatic heterocycles. The van der Waals surface area contributed by atoms with Crippen LogP contribution < -0.4 is 0 Å². The van der Waals surface area contributed by atoms with E-state index < -0.39 is 6.10 Å². The van der Waals surface area contributed by atoms with Crippen molar-refractivity contribution in [2.24, 2.45) is 0 Å². The molecule has 0 fully saturated rings. The van der Waals surface area contributed by atoms with Crippen molar-refractivity contribution in [3.63, 3.8) is 0 Å². The van der Waals surface area contributed by atoms with Crippen LogP contribution in [-0.4, -0.2) is 14.9 Å². The molecule has 3 nitrogen and oxygen atoms in total.